The summed E-state index contributed by atoms with van der Waals surface area (Å²) in [4.78, 5) is 21.0. The van der Waals surface area contributed by atoms with Crippen LogP contribution in [-0.2, 0) is 6.18 Å². The Morgan fingerprint density at radius 3 is 2.48 bits per heavy atom. The molecule has 1 aromatic heterocycles. The van der Waals surface area contributed by atoms with Crippen LogP contribution < -0.4 is 16.4 Å². The number of aromatic nitrogens is 2. The van der Waals surface area contributed by atoms with Crippen molar-refractivity contribution in [3.05, 3.63) is 76.1 Å². The van der Waals surface area contributed by atoms with E-state index in [2.05, 4.69) is 44.4 Å². The van der Waals surface area contributed by atoms with E-state index in [4.69, 9.17) is 11.1 Å². The Morgan fingerprint density at radius 1 is 1.14 bits per heavy atom. The number of halogens is 3. The number of alkyl halides is 3. The molecule has 0 saturated carbocycles. The van der Waals surface area contributed by atoms with Crippen molar-refractivity contribution in [2.75, 3.05) is 50.1 Å². The van der Waals surface area contributed by atoms with E-state index < -0.39 is 11.7 Å². The predicted molar refractivity (Wildman–Crippen MR) is 161 cm³/mol. The fourth-order valence-corrected chi connectivity index (χ4v) is 4.41. The maximum absolute atomic E-state index is 12.2. The molecule has 0 amide bonds. The monoisotopic (exact) mass is 579 g/mol. The van der Waals surface area contributed by atoms with Gasteiger partial charge in [0, 0.05) is 30.4 Å². The summed E-state index contributed by atoms with van der Waals surface area (Å²) in [7, 11) is 4.02. The van der Waals surface area contributed by atoms with Gasteiger partial charge in [-0.25, -0.2) is 9.97 Å². The zero-order chi connectivity index (χ0) is 30.9. The summed E-state index contributed by atoms with van der Waals surface area (Å²) in [6.45, 7) is 6.38. The number of piperidine rings is 1. The Labute approximate surface area is 244 Å². The largest absolute Gasteiger partial charge is 0.416 e. The van der Waals surface area contributed by atoms with Crippen LogP contribution in [0.4, 0.5) is 30.5 Å². The maximum Gasteiger partial charge on any atom is 0.416 e. The molecule has 4 rings (SSSR count). The van der Waals surface area contributed by atoms with Crippen molar-refractivity contribution < 1.29 is 18.0 Å². The molecule has 42 heavy (non-hydrogen) atoms. The van der Waals surface area contributed by atoms with Crippen molar-refractivity contribution in [3.63, 3.8) is 0 Å². The average molecular weight is 580 g/mol. The van der Waals surface area contributed by atoms with Crippen molar-refractivity contribution in [1.29, 1.82) is 5.41 Å². The summed E-state index contributed by atoms with van der Waals surface area (Å²) in [5, 5.41) is 15.0. The van der Waals surface area contributed by atoms with E-state index in [1.165, 1.54) is 25.4 Å². The molecule has 0 bridgehead atoms. The number of aldehydes is 1. The van der Waals surface area contributed by atoms with Gasteiger partial charge >= 0.3 is 6.18 Å². The van der Waals surface area contributed by atoms with Gasteiger partial charge in [-0.1, -0.05) is 24.1 Å². The quantitative estimate of drug-likeness (QED) is 0.175. The van der Waals surface area contributed by atoms with Gasteiger partial charge < -0.3 is 21.3 Å². The van der Waals surface area contributed by atoms with Crippen molar-refractivity contribution in [1.82, 2.24) is 14.9 Å². The zero-order valence-corrected chi connectivity index (χ0v) is 24.2. The molecule has 1 fully saturated rings. The van der Waals surface area contributed by atoms with Crippen LogP contribution in [0.3, 0.4) is 0 Å². The number of anilines is 3. The summed E-state index contributed by atoms with van der Waals surface area (Å²) < 4.78 is 36.7. The zero-order valence-electron chi connectivity index (χ0n) is 24.2. The predicted octanol–water partition coefficient (Wildman–Crippen LogP) is 5.41. The molecule has 5 N–H and O–H groups in total. The molecule has 0 atom stereocenters. The first-order chi connectivity index (χ1) is 19.9. The Hall–Kier alpha value is -4.43. The van der Waals surface area contributed by atoms with Gasteiger partial charge in [-0.05, 0) is 88.0 Å². The van der Waals surface area contributed by atoms with Gasteiger partial charge in [0.15, 0.2) is 0 Å². The van der Waals surface area contributed by atoms with E-state index in [1.807, 2.05) is 32.2 Å². The smallest absolute Gasteiger partial charge is 0.388 e. The number of hydrogen-bond donors (Lipinski definition) is 4. The van der Waals surface area contributed by atoms with Gasteiger partial charge in [0.1, 0.15) is 30.0 Å². The van der Waals surface area contributed by atoms with Crippen molar-refractivity contribution in [3.8, 4) is 11.8 Å². The van der Waals surface area contributed by atoms with Gasteiger partial charge in [0.05, 0.1) is 11.1 Å². The first kappa shape index (κ1) is 32.1. The minimum Gasteiger partial charge on any atom is -0.388 e. The number of carbonyl (C=O) groups excluding carboxylic acids is 1. The molecule has 0 aliphatic carbocycles. The molecule has 1 aliphatic rings. The first-order valence-electron chi connectivity index (χ1n) is 13.5. The molecular formula is C31H36F3N7O. The van der Waals surface area contributed by atoms with Crippen LogP contribution in [0, 0.1) is 37.0 Å². The van der Waals surface area contributed by atoms with E-state index >= 15 is 0 Å². The highest BCUT2D eigenvalue weighted by molar-refractivity contribution is 6.16. The number of carbonyl (C=O) groups is 1. The molecule has 11 heteroatoms. The lowest BCUT2D eigenvalue weighted by Gasteiger charge is -2.29. The summed E-state index contributed by atoms with van der Waals surface area (Å²) >= 11 is 0. The third kappa shape index (κ3) is 8.78. The molecule has 8 nitrogen and oxygen atoms in total. The second-order valence-corrected chi connectivity index (χ2v) is 10.2. The van der Waals surface area contributed by atoms with Crippen LogP contribution in [0.2, 0.25) is 0 Å². The Bertz CT molecular complexity index is 1470. The lowest BCUT2D eigenvalue weighted by molar-refractivity contribution is -0.138. The summed E-state index contributed by atoms with van der Waals surface area (Å²) in [5.41, 5.74) is 8.98. The number of benzene rings is 2. The number of nitrogens with two attached hydrogens (primary N) is 1. The van der Waals surface area contributed by atoms with Gasteiger partial charge in [0.2, 0.25) is 0 Å². The van der Waals surface area contributed by atoms with Crippen LogP contribution in [0.15, 0.2) is 42.7 Å². The molecule has 0 radical (unpaired) electrons. The lowest BCUT2D eigenvalue weighted by atomic mass is 9.97. The molecule has 0 unspecified atom stereocenters. The van der Waals surface area contributed by atoms with E-state index in [-0.39, 0.29) is 22.7 Å². The van der Waals surface area contributed by atoms with Gasteiger partial charge in [-0.2, -0.15) is 13.2 Å². The highest BCUT2D eigenvalue weighted by atomic mass is 19.4. The molecule has 0 spiro atoms. The Morgan fingerprint density at radius 2 is 1.83 bits per heavy atom. The van der Waals surface area contributed by atoms with Crippen molar-refractivity contribution in [2.24, 2.45) is 5.92 Å². The number of aryl methyl sites for hydroxylation is 2. The number of likely N-dealkylation sites (tertiary alicyclic amines) is 1. The van der Waals surface area contributed by atoms with Crippen LogP contribution >= 0.6 is 0 Å². The second-order valence-electron chi connectivity index (χ2n) is 10.2. The number of hydrogen-bond acceptors (Lipinski definition) is 8. The molecule has 2 aromatic carbocycles. The topological polar surface area (TPSA) is 120 Å². The SMILES string of the molecule is CNc1ccc(C)c(C#CC(=N)c2c(N)ncnc2NCC2CCN(C)CC2)c1.Cc1ccc(C=O)cc1C(F)(F)F. The van der Waals surface area contributed by atoms with E-state index in [0.717, 1.165) is 55.4 Å². The Kier molecular flexibility index (Phi) is 11.0. The third-order valence-electron chi connectivity index (χ3n) is 7.07. The molecular weight excluding hydrogens is 543 g/mol. The maximum atomic E-state index is 12.2. The summed E-state index contributed by atoms with van der Waals surface area (Å²) in [6.07, 6.45) is -0.260. The van der Waals surface area contributed by atoms with Crippen LogP contribution in [-0.4, -0.2) is 60.6 Å². The normalized spacial score (nSPS) is 13.7. The number of nitrogen functional groups attached to an aromatic ring is 1. The van der Waals surface area contributed by atoms with Gasteiger partial charge in [-0.3, -0.25) is 10.2 Å². The number of nitrogens with zero attached hydrogens (tertiary/aromatic N) is 3. The minimum atomic E-state index is -4.39. The molecule has 1 saturated heterocycles. The molecule has 1 aliphatic heterocycles. The average Bonchev–Trinajstić information content (AvgIpc) is 2.96. The molecule has 2 heterocycles. The van der Waals surface area contributed by atoms with E-state index in [0.29, 0.717) is 23.6 Å². The molecule has 222 valence electrons. The highest BCUT2D eigenvalue weighted by Crippen LogP contribution is 2.32. The van der Waals surface area contributed by atoms with Crippen LogP contribution in [0.25, 0.3) is 0 Å². The minimum absolute atomic E-state index is 0.0397. The first-order valence-corrected chi connectivity index (χ1v) is 13.5. The standard InChI is InChI=1S/C22H29N7.C9H7F3O/c1-15-4-6-18(25-2)12-17(15)5-7-19(23)20-21(24)27-14-28-22(20)26-13-16-8-10-29(3)11-9-16;1-6-2-3-7(5-13)4-8(6)9(10,11)12/h4,6,12,14,16,23,25H,8-11,13H2,1-3H3,(H3,24,26,27,28);2-5H,1H3. The summed E-state index contributed by atoms with van der Waals surface area (Å²) in [5.74, 6) is 7.46. The fraction of sp³-hybridized carbons (Fsp3) is 0.355. The highest BCUT2D eigenvalue weighted by Gasteiger charge is 2.32. The van der Waals surface area contributed by atoms with Gasteiger partial charge in [0.25, 0.3) is 0 Å². The van der Waals surface area contributed by atoms with E-state index in [9.17, 15) is 18.0 Å². The molecule has 3 aromatic rings. The number of rotatable bonds is 6. The van der Waals surface area contributed by atoms with Crippen molar-refractivity contribution >= 4 is 29.3 Å². The summed E-state index contributed by atoms with van der Waals surface area (Å²) in [6, 6.07) is 9.47. The van der Waals surface area contributed by atoms with Crippen LogP contribution in [0.5, 0.6) is 0 Å². The van der Waals surface area contributed by atoms with Crippen molar-refractivity contribution in [2.45, 2.75) is 32.9 Å². The van der Waals surface area contributed by atoms with E-state index in [1.54, 1.807) is 0 Å². The van der Waals surface area contributed by atoms with Gasteiger partial charge in [-0.15, -0.1) is 0 Å². The fourth-order valence-electron chi connectivity index (χ4n) is 4.41. The Balaban J connectivity index is 0.000000312. The van der Waals surface area contributed by atoms with Crippen LogP contribution in [0.1, 0.15) is 51.0 Å². The lowest BCUT2D eigenvalue weighted by Crippen LogP contribution is -2.33. The number of nitrogens with one attached hydrogen (secondary N) is 3. The second kappa shape index (κ2) is 14.5. The third-order valence-corrected chi connectivity index (χ3v) is 7.07.